The fourth-order valence-corrected chi connectivity index (χ4v) is 4.68. The molecular formula is C25H26N4S. The van der Waals surface area contributed by atoms with E-state index in [1.165, 1.54) is 27.9 Å². The molecule has 0 radical (unpaired) electrons. The Labute approximate surface area is 182 Å². The summed E-state index contributed by atoms with van der Waals surface area (Å²) in [6, 6.07) is 17.6. The van der Waals surface area contributed by atoms with E-state index in [2.05, 4.69) is 92.6 Å². The number of anilines is 2. The first-order chi connectivity index (χ1) is 14.8. The quantitative estimate of drug-likeness (QED) is 0.636. The Morgan fingerprint density at radius 2 is 1.80 bits per heavy atom. The van der Waals surface area contributed by atoms with Gasteiger partial charge in [0.05, 0.1) is 6.54 Å². The molecule has 1 saturated heterocycles. The maximum Gasteiger partial charge on any atom is 0.0646 e. The van der Waals surface area contributed by atoms with Crippen LogP contribution in [0.2, 0.25) is 0 Å². The zero-order valence-electron chi connectivity index (χ0n) is 17.2. The number of hydrogen-bond acceptors (Lipinski definition) is 5. The van der Waals surface area contributed by atoms with Gasteiger partial charge in [-0.25, -0.2) is 0 Å². The Morgan fingerprint density at radius 1 is 0.967 bits per heavy atom. The smallest absolute Gasteiger partial charge is 0.0646 e. The number of piperazine rings is 1. The van der Waals surface area contributed by atoms with E-state index in [-0.39, 0.29) is 0 Å². The number of rotatable bonds is 4. The van der Waals surface area contributed by atoms with Crippen LogP contribution in [0.15, 0.2) is 70.5 Å². The second-order valence-electron chi connectivity index (χ2n) is 7.93. The molecule has 5 rings (SSSR count). The minimum absolute atomic E-state index is 0.746. The van der Waals surface area contributed by atoms with E-state index in [0.717, 1.165) is 44.0 Å². The van der Waals surface area contributed by atoms with Crippen LogP contribution in [0.4, 0.5) is 11.4 Å². The molecule has 5 heteroatoms. The molecule has 4 nitrogen and oxygen atoms in total. The largest absolute Gasteiger partial charge is 0.369 e. The van der Waals surface area contributed by atoms with Crippen molar-refractivity contribution in [2.24, 2.45) is 4.99 Å². The topological polar surface area (TPSA) is 30.9 Å². The minimum Gasteiger partial charge on any atom is -0.369 e. The molecule has 0 atom stereocenters. The van der Waals surface area contributed by atoms with Crippen LogP contribution in [0.25, 0.3) is 16.7 Å². The molecule has 1 N–H and O–H groups in total. The highest BCUT2D eigenvalue weighted by Crippen LogP contribution is 2.30. The summed E-state index contributed by atoms with van der Waals surface area (Å²) in [5.41, 5.74) is 8.58. The number of aliphatic imine (C=N–C) groups is 1. The molecule has 0 unspecified atom stereocenters. The average molecular weight is 415 g/mol. The molecule has 1 fully saturated rings. The molecular weight excluding hydrogens is 388 g/mol. The van der Waals surface area contributed by atoms with Crippen molar-refractivity contribution in [1.82, 2.24) is 4.90 Å². The van der Waals surface area contributed by atoms with Crippen LogP contribution in [0.5, 0.6) is 0 Å². The van der Waals surface area contributed by atoms with Crippen molar-refractivity contribution in [3.8, 4) is 11.1 Å². The molecule has 0 aliphatic carbocycles. The van der Waals surface area contributed by atoms with Gasteiger partial charge in [-0.1, -0.05) is 12.1 Å². The van der Waals surface area contributed by atoms with E-state index in [0.29, 0.717) is 0 Å². The molecule has 2 aliphatic heterocycles. The molecule has 30 heavy (non-hydrogen) atoms. The fourth-order valence-electron chi connectivity index (χ4n) is 4.01. The number of thiophene rings is 1. The lowest BCUT2D eigenvalue weighted by atomic mass is 9.94. The zero-order valence-corrected chi connectivity index (χ0v) is 18.0. The number of likely N-dealkylation sites (N-methyl/N-ethyl adjacent to an activating group) is 1. The Morgan fingerprint density at radius 3 is 2.57 bits per heavy atom. The predicted octanol–water partition coefficient (Wildman–Crippen LogP) is 5.20. The van der Waals surface area contributed by atoms with Gasteiger partial charge in [0.1, 0.15) is 0 Å². The van der Waals surface area contributed by atoms with Gasteiger partial charge in [0.25, 0.3) is 0 Å². The van der Waals surface area contributed by atoms with E-state index in [9.17, 15) is 0 Å². The Kier molecular flexibility index (Phi) is 5.39. The molecule has 0 amide bonds. The van der Waals surface area contributed by atoms with E-state index in [1.807, 2.05) is 6.21 Å². The number of hydrogen-bond donors (Lipinski definition) is 1. The number of benzene rings is 2. The summed E-state index contributed by atoms with van der Waals surface area (Å²) in [5.74, 6) is 0. The van der Waals surface area contributed by atoms with Gasteiger partial charge in [0.2, 0.25) is 0 Å². The van der Waals surface area contributed by atoms with Gasteiger partial charge in [-0.15, -0.1) is 0 Å². The number of nitrogens with zero attached hydrogens (tertiary/aromatic N) is 3. The Hall–Kier alpha value is -2.89. The molecule has 2 aromatic carbocycles. The molecule has 2 aliphatic rings. The summed E-state index contributed by atoms with van der Waals surface area (Å²) in [4.78, 5) is 9.38. The predicted molar refractivity (Wildman–Crippen MR) is 130 cm³/mol. The highest BCUT2D eigenvalue weighted by atomic mass is 32.1. The van der Waals surface area contributed by atoms with E-state index in [4.69, 9.17) is 0 Å². The van der Waals surface area contributed by atoms with Gasteiger partial charge in [0, 0.05) is 55.5 Å². The lowest BCUT2D eigenvalue weighted by molar-refractivity contribution is 0.313. The third-order valence-electron chi connectivity index (χ3n) is 5.90. The molecule has 3 heterocycles. The summed E-state index contributed by atoms with van der Waals surface area (Å²) in [6.07, 6.45) is 4.05. The van der Waals surface area contributed by atoms with Crippen LogP contribution in [0.1, 0.15) is 11.1 Å². The average Bonchev–Trinajstić information content (AvgIpc) is 3.33. The molecule has 0 saturated carbocycles. The van der Waals surface area contributed by atoms with Crippen molar-refractivity contribution in [3.05, 3.63) is 76.6 Å². The van der Waals surface area contributed by atoms with Crippen molar-refractivity contribution in [3.63, 3.8) is 0 Å². The molecule has 3 aromatic rings. The molecule has 152 valence electrons. The third-order valence-corrected chi connectivity index (χ3v) is 6.58. The minimum atomic E-state index is 0.746. The SMILES string of the molecule is CN1CCN(c2ccc(N/C=C3\C=NCc4ccc(-c5ccsc5)cc43)cc2)CC1. The number of allylic oxidation sites excluding steroid dienone is 1. The Bertz CT molecular complexity index is 1060. The van der Waals surface area contributed by atoms with Gasteiger partial charge in [-0.3, -0.25) is 4.99 Å². The summed E-state index contributed by atoms with van der Waals surface area (Å²) in [5, 5.41) is 7.79. The lowest BCUT2D eigenvalue weighted by Crippen LogP contribution is -2.44. The summed E-state index contributed by atoms with van der Waals surface area (Å²) in [7, 11) is 2.19. The maximum atomic E-state index is 4.54. The first-order valence-corrected chi connectivity index (χ1v) is 11.4. The second kappa shape index (κ2) is 8.46. The molecule has 1 aromatic heterocycles. The van der Waals surface area contributed by atoms with Gasteiger partial charge in [-0.05, 0) is 76.5 Å². The highest BCUT2D eigenvalue weighted by molar-refractivity contribution is 7.08. The normalized spacial score (nSPS) is 17.9. The van der Waals surface area contributed by atoms with Crippen molar-refractivity contribution in [2.45, 2.75) is 6.54 Å². The number of fused-ring (bicyclic) bond motifs is 1. The molecule has 0 spiro atoms. The van der Waals surface area contributed by atoms with Gasteiger partial charge >= 0.3 is 0 Å². The van der Waals surface area contributed by atoms with Crippen LogP contribution < -0.4 is 10.2 Å². The van der Waals surface area contributed by atoms with Crippen molar-refractivity contribution in [1.29, 1.82) is 0 Å². The van der Waals surface area contributed by atoms with Crippen molar-refractivity contribution >= 4 is 34.5 Å². The van der Waals surface area contributed by atoms with Crippen LogP contribution in [0.3, 0.4) is 0 Å². The van der Waals surface area contributed by atoms with Gasteiger partial charge in [-0.2, -0.15) is 11.3 Å². The summed E-state index contributed by atoms with van der Waals surface area (Å²) >= 11 is 1.73. The fraction of sp³-hybridized carbons (Fsp3) is 0.240. The second-order valence-corrected chi connectivity index (χ2v) is 8.71. The lowest BCUT2D eigenvalue weighted by Gasteiger charge is -2.34. The number of nitrogens with one attached hydrogen (secondary N) is 1. The Balaban J connectivity index is 1.33. The first kappa shape index (κ1) is 19.1. The standard InChI is InChI=1S/C25H26N4S/c1-28-9-11-29(12-10-28)24-6-4-23(5-7-24)27-17-22-16-26-15-20-3-2-19(14-25(20)22)21-8-13-30-18-21/h2-8,13-14,16-18,27H,9-12,15H2,1H3/b22-17+. The summed E-state index contributed by atoms with van der Waals surface area (Å²) in [6.45, 7) is 5.17. The van der Waals surface area contributed by atoms with Gasteiger partial charge < -0.3 is 15.1 Å². The van der Waals surface area contributed by atoms with Crippen LogP contribution in [-0.2, 0) is 6.54 Å². The van der Waals surface area contributed by atoms with Crippen molar-refractivity contribution < 1.29 is 0 Å². The van der Waals surface area contributed by atoms with E-state index < -0.39 is 0 Å². The van der Waals surface area contributed by atoms with Crippen LogP contribution in [-0.4, -0.2) is 44.3 Å². The summed E-state index contributed by atoms with van der Waals surface area (Å²) < 4.78 is 0. The third kappa shape index (κ3) is 4.04. The monoisotopic (exact) mass is 414 g/mol. The van der Waals surface area contributed by atoms with Crippen LogP contribution >= 0.6 is 11.3 Å². The zero-order chi connectivity index (χ0) is 20.3. The molecule has 0 bridgehead atoms. The van der Waals surface area contributed by atoms with Crippen LogP contribution in [0, 0.1) is 0 Å². The van der Waals surface area contributed by atoms with Gasteiger partial charge in [0.15, 0.2) is 0 Å². The van der Waals surface area contributed by atoms with E-state index in [1.54, 1.807) is 11.3 Å². The first-order valence-electron chi connectivity index (χ1n) is 10.4. The highest BCUT2D eigenvalue weighted by Gasteiger charge is 2.14. The van der Waals surface area contributed by atoms with E-state index >= 15 is 0 Å². The van der Waals surface area contributed by atoms with Crippen molar-refractivity contribution in [2.75, 3.05) is 43.4 Å². The maximum absolute atomic E-state index is 4.54.